The van der Waals surface area contributed by atoms with Gasteiger partial charge in [0, 0.05) is 38.9 Å². The first-order valence-corrected chi connectivity index (χ1v) is 9.93. The number of amides is 1. The number of ether oxygens (including phenoxy) is 3. The molecule has 0 unspecified atom stereocenters. The van der Waals surface area contributed by atoms with Gasteiger partial charge in [-0.3, -0.25) is 0 Å². The molecule has 1 aromatic rings. The topological polar surface area (TPSA) is 89.6 Å². The summed E-state index contributed by atoms with van der Waals surface area (Å²) in [6.45, 7) is 11.4. The molecule has 1 aromatic carbocycles. The van der Waals surface area contributed by atoms with Gasteiger partial charge in [0.25, 0.3) is 0 Å². The lowest BCUT2D eigenvalue weighted by Crippen LogP contribution is -2.53. The van der Waals surface area contributed by atoms with E-state index in [0.29, 0.717) is 51.9 Å². The molecule has 2 rings (SSSR count). The Labute approximate surface area is 173 Å². The summed E-state index contributed by atoms with van der Waals surface area (Å²) in [5, 5.41) is 0. The number of rotatable bonds is 6. The van der Waals surface area contributed by atoms with Crippen molar-refractivity contribution >= 4 is 12.1 Å². The molecule has 0 bridgehead atoms. The summed E-state index contributed by atoms with van der Waals surface area (Å²) in [6, 6.07) is 6.04. The maximum Gasteiger partial charge on any atom is 0.410 e. The van der Waals surface area contributed by atoms with Gasteiger partial charge < -0.3 is 29.7 Å². The molecule has 1 aliphatic heterocycles. The molecule has 0 aliphatic carbocycles. The molecule has 0 atom stereocenters. The quantitative estimate of drug-likeness (QED) is 0.443. The van der Waals surface area contributed by atoms with Crippen LogP contribution in [0.3, 0.4) is 0 Å². The molecular weight excluding hydrogens is 372 g/mol. The number of nitrogens with zero attached hydrogens (tertiary/aromatic N) is 3. The van der Waals surface area contributed by atoms with Crippen LogP contribution in [0.5, 0.6) is 5.75 Å². The number of nitrogens with two attached hydrogens (primary N) is 1. The molecule has 8 heteroatoms. The number of carbonyl (C=O) groups excluding carboxylic acids is 1. The molecule has 0 spiro atoms. The number of aliphatic imine (C=N–C) groups is 1. The molecule has 8 nitrogen and oxygen atoms in total. The van der Waals surface area contributed by atoms with Crippen LogP contribution in [-0.2, 0) is 16.0 Å². The predicted octanol–water partition coefficient (Wildman–Crippen LogP) is 2.39. The van der Waals surface area contributed by atoms with Gasteiger partial charge in [0.05, 0.1) is 13.2 Å². The highest BCUT2D eigenvalue weighted by molar-refractivity contribution is 5.78. The standard InChI is InChI=1S/C21H34N4O4/c1-16-6-7-17(18(14-16)28-13-12-27-5)15-23-19(22)24-8-10-25(11-9-24)20(26)29-21(2,3)4/h6-7,14H,8-13,15H2,1-5H3,(H2,22,23). The Hall–Kier alpha value is -2.48. The summed E-state index contributed by atoms with van der Waals surface area (Å²) in [6.07, 6.45) is -0.287. The Morgan fingerprint density at radius 2 is 1.79 bits per heavy atom. The maximum atomic E-state index is 12.2. The van der Waals surface area contributed by atoms with Gasteiger partial charge in [0.2, 0.25) is 0 Å². The summed E-state index contributed by atoms with van der Waals surface area (Å²) in [4.78, 5) is 20.4. The Morgan fingerprint density at radius 3 is 2.41 bits per heavy atom. The number of benzene rings is 1. The number of methoxy groups -OCH3 is 1. The minimum absolute atomic E-state index is 0.287. The summed E-state index contributed by atoms with van der Waals surface area (Å²) in [7, 11) is 1.65. The minimum atomic E-state index is -0.494. The lowest BCUT2D eigenvalue weighted by Gasteiger charge is -2.36. The number of aryl methyl sites for hydroxylation is 1. The zero-order valence-corrected chi connectivity index (χ0v) is 18.2. The average Bonchev–Trinajstić information content (AvgIpc) is 2.66. The van der Waals surface area contributed by atoms with Crippen molar-refractivity contribution in [3.05, 3.63) is 29.3 Å². The molecule has 0 saturated carbocycles. The van der Waals surface area contributed by atoms with E-state index in [-0.39, 0.29) is 6.09 Å². The smallest absolute Gasteiger partial charge is 0.410 e. The van der Waals surface area contributed by atoms with E-state index in [4.69, 9.17) is 19.9 Å². The van der Waals surface area contributed by atoms with Crippen LogP contribution in [0.4, 0.5) is 4.79 Å². The van der Waals surface area contributed by atoms with Crippen molar-refractivity contribution in [1.29, 1.82) is 0 Å². The first kappa shape index (κ1) is 22.8. The van der Waals surface area contributed by atoms with Crippen LogP contribution < -0.4 is 10.5 Å². The predicted molar refractivity (Wildman–Crippen MR) is 113 cm³/mol. The number of carbonyl (C=O) groups is 1. The molecule has 1 amide bonds. The number of guanidine groups is 1. The summed E-state index contributed by atoms with van der Waals surface area (Å²) in [5.74, 6) is 1.27. The molecule has 162 valence electrons. The van der Waals surface area contributed by atoms with Crippen molar-refractivity contribution in [1.82, 2.24) is 9.80 Å². The van der Waals surface area contributed by atoms with Gasteiger partial charge in [0.15, 0.2) is 5.96 Å². The van der Waals surface area contributed by atoms with Gasteiger partial charge in [-0.1, -0.05) is 12.1 Å². The molecule has 1 saturated heterocycles. The van der Waals surface area contributed by atoms with Gasteiger partial charge in [-0.05, 0) is 39.3 Å². The number of hydrogen-bond acceptors (Lipinski definition) is 5. The Balaban J connectivity index is 1.92. The van der Waals surface area contributed by atoms with E-state index in [1.54, 1.807) is 12.0 Å². The van der Waals surface area contributed by atoms with E-state index in [2.05, 4.69) is 4.99 Å². The Morgan fingerprint density at radius 1 is 1.14 bits per heavy atom. The molecular formula is C21H34N4O4. The molecule has 29 heavy (non-hydrogen) atoms. The second-order valence-electron chi connectivity index (χ2n) is 8.08. The third-order valence-corrected chi connectivity index (χ3v) is 4.43. The van der Waals surface area contributed by atoms with Crippen LogP contribution in [0.25, 0.3) is 0 Å². The fraction of sp³-hybridized carbons (Fsp3) is 0.619. The second kappa shape index (κ2) is 10.3. The first-order valence-electron chi connectivity index (χ1n) is 9.93. The van der Waals surface area contributed by atoms with Crippen molar-refractivity contribution in [3.63, 3.8) is 0 Å². The number of hydrogen-bond donors (Lipinski definition) is 1. The van der Waals surface area contributed by atoms with Gasteiger partial charge in [-0.15, -0.1) is 0 Å². The van der Waals surface area contributed by atoms with Crippen LogP contribution in [0.15, 0.2) is 23.2 Å². The van der Waals surface area contributed by atoms with Crippen LogP contribution in [0, 0.1) is 6.92 Å². The van der Waals surface area contributed by atoms with E-state index < -0.39 is 5.60 Å². The van der Waals surface area contributed by atoms with Crippen LogP contribution in [-0.4, -0.2) is 74.0 Å². The normalized spacial score (nSPS) is 15.4. The monoisotopic (exact) mass is 406 g/mol. The molecule has 0 aromatic heterocycles. The van der Waals surface area contributed by atoms with Gasteiger partial charge in [-0.25, -0.2) is 9.79 Å². The van der Waals surface area contributed by atoms with E-state index in [1.165, 1.54) is 0 Å². The average molecular weight is 407 g/mol. The summed E-state index contributed by atoms with van der Waals surface area (Å²) < 4.78 is 16.3. The lowest BCUT2D eigenvalue weighted by atomic mass is 10.1. The van der Waals surface area contributed by atoms with Crippen molar-refractivity contribution in [2.24, 2.45) is 10.7 Å². The largest absolute Gasteiger partial charge is 0.491 e. The first-order chi connectivity index (χ1) is 13.7. The van der Waals surface area contributed by atoms with Crippen LogP contribution in [0.1, 0.15) is 31.9 Å². The molecule has 0 radical (unpaired) electrons. The minimum Gasteiger partial charge on any atom is -0.491 e. The molecule has 1 fully saturated rings. The number of piperazine rings is 1. The highest BCUT2D eigenvalue weighted by Crippen LogP contribution is 2.21. The zero-order valence-electron chi connectivity index (χ0n) is 18.2. The van der Waals surface area contributed by atoms with E-state index in [9.17, 15) is 4.79 Å². The van der Waals surface area contributed by atoms with E-state index in [1.807, 2.05) is 50.8 Å². The van der Waals surface area contributed by atoms with E-state index >= 15 is 0 Å². The van der Waals surface area contributed by atoms with Crippen LogP contribution in [0.2, 0.25) is 0 Å². The summed E-state index contributed by atoms with van der Waals surface area (Å²) in [5.41, 5.74) is 7.80. The van der Waals surface area contributed by atoms with Crippen molar-refractivity contribution in [3.8, 4) is 5.75 Å². The van der Waals surface area contributed by atoms with Gasteiger partial charge in [0.1, 0.15) is 18.0 Å². The summed E-state index contributed by atoms with van der Waals surface area (Å²) >= 11 is 0. The Bertz CT molecular complexity index is 707. The van der Waals surface area contributed by atoms with Crippen molar-refractivity contribution < 1.29 is 19.0 Å². The zero-order chi connectivity index (χ0) is 21.4. The van der Waals surface area contributed by atoms with Gasteiger partial charge >= 0.3 is 6.09 Å². The molecule has 1 heterocycles. The highest BCUT2D eigenvalue weighted by atomic mass is 16.6. The third-order valence-electron chi connectivity index (χ3n) is 4.43. The SMILES string of the molecule is COCCOc1cc(C)ccc1CN=C(N)N1CCN(C(=O)OC(C)(C)C)CC1. The Kier molecular flexibility index (Phi) is 8.13. The van der Waals surface area contributed by atoms with Gasteiger partial charge in [-0.2, -0.15) is 0 Å². The lowest BCUT2D eigenvalue weighted by molar-refractivity contribution is 0.0186. The van der Waals surface area contributed by atoms with Crippen molar-refractivity contribution in [2.45, 2.75) is 39.8 Å². The molecule has 2 N–H and O–H groups in total. The van der Waals surface area contributed by atoms with Crippen molar-refractivity contribution in [2.75, 3.05) is 46.5 Å². The highest BCUT2D eigenvalue weighted by Gasteiger charge is 2.26. The third kappa shape index (κ3) is 7.45. The maximum absolute atomic E-state index is 12.2. The van der Waals surface area contributed by atoms with E-state index in [0.717, 1.165) is 16.9 Å². The fourth-order valence-corrected chi connectivity index (χ4v) is 2.87. The second-order valence-corrected chi connectivity index (χ2v) is 8.08. The molecule has 1 aliphatic rings. The fourth-order valence-electron chi connectivity index (χ4n) is 2.87. The van der Waals surface area contributed by atoms with Crippen LogP contribution >= 0.6 is 0 Å².